The maximum absolute atomic E-state index is 15.0. The molecule has 1 aliphatic rings. The number of halogens is 4. The molecule has 0 radical (unpaired) electrons. The molecule has 3 amide bonds. The fourth-order valence-corrected chi connectivity index (χ4v) is 4.14. The lowest BCUT2D eigenvalue weighted by molar-refractivity contribution is -0.173. The highest BCUT2D eigenvalue weighted by molar-refractivity contribution is 6.00. The second kappa shape index (κ2) is 12.5. The van der Waals surface area contributed by atoms with Crippen LogP contribution in [0.4, 0.5) is 28.0 Å². The molecular weight excluding hydrogens is 534 g/mol. The van der Waals surface area contributed by atoms with E-state index < -0.39 is 47.8 Å². The van der Waals surface area contributed by atoms with Crippen molar-refractivity contribution in [3.05, 3.63) is 65.5 Å². The average molecular weight is 566 g/mol. The topological polar surface area (TPSA) is 96.0 Å². The Morgan fingerprint density at radius 1 is 1.00 bits per heavy atom. The van der Waals surface area contributed by atoms with Gasteiger partial charge in [0.25, 0.3) is 0 Å². The Morgan fingerprint density at radius 2 is 1.62 bits per heavy atom. The second-order valence-corrected chi connectivity index (χ2v) is 10.4. The largest absolute Gasteiger partial charge is 0.471 e. The molecule has 0 atom stereocenters. The Labute approximate surface area is 229 Å². The van der Waals surface area contributed by atoms with Gasteiger partial charge in [-0.2, -0.15) is 13.2 Å². The smallest absolute Gasteiger partial charge is 0.444 e. The van der Waals surface area contributed by atoms with E-state index in [9.17, 15) is 32.3 Å². The number of alkyl halides is 3. The van der Waals surface area contributed by atoms with Crippen molar-refractivity contribution < 1.29 is 41.5 Å². The Bertz CT molecular complexity index is 1240. The number of para-hydroxylation sites is 1. The molecule has 0 spiro atoms. The van der Waals surface area contributed by atoms with Crippen LogP contribution in [0.15, 0.2) is 48.5 Å². The molecular formula is C28H31F4N3O5. The highest BCUT2D eigenvalue weighted by Gasteiger charge is 2.38. The van der Waals surface area contributed by atoms with E-state index in [1.54, 1.807) is 56.0 Å². The van der Waals surface area contributed by atoms with Gasteiger partial charge >= 0.3 is 18.2 Å². The van der Waals surface area contributed by atoms with Gasteiger partial charge in [-0.05, 0) is 51.8 Å². The zero-order chi connectivity index (χ0) is 29.7. The first-order valence-corrected chi connectivity index (χ1v) is 12.7. The van der Waals surface area contributed by atoms with Crippen molar-refractivity contribution in [3.8, 4) is 0 Å². The summed E-state index contributed by atoms with van der Waals surface area (Å²) in [6.45, 7) is 4.84. The van der Waals surface area contributed by atoms with E-state index in [2.05, 4.69) is 0 Å². The van der Waals surface area contributed by atoms with Crippen molar-refractivity contribution in [1.82, 2.24) is 10.2 Å². The van der Waals surface area contributed by atoms with Crippen LogP contribution < -0.4 is 10.2 Å². The van der Waals surface area contributed by atoms with Crippen LogP contribution >= 0.6 is 0 Å². The summed E-state index contributed by atoms with van der Waals surface area (Å²) in [7, 11) is 0. The van der Waals surface area contributed by atoms with E-state index in [0.29, 0.717) is 31.6 Å². The van der Waals surface area contributed by atoms with Crippen molar-refractivity contribution in [2.45, 2.75) is 51.9 Å². The Morgan fingerprint density at radius 3 is 2.17 bits per heavy atom. The molecule has 216 valence electrons. The fourth-order valence-electron chi connectivity index (χ4n) is 4.14. The van der Waals surface area contributed by atoms with Crippen LogP contribution in [0.3, 0.4) is 0 Å². The number of ether oxygens (including phenoxy) is 1. The van der Waals surface area contributed by atoms with Gasteiger partial charge in [-0.15, -0.1) is 0 Å². The van der Waals surface area contributed by atoms with Crippen molar-refractivity contribution in [2.24, 2.45) is 5.92 Å². The molecule has 0 unspecified atom stereocenters. The van der Waals surface area contributed by atoms with Crippen LogP contribution in [-0.4, -0.2) is 60.0 Å². The van der Waals surface area contributed by atoms with Gasteiger partial charge in [0, 0.05) is 35.8 Å². The number of piperidine rings is 1. The summed E-state index contributed by atoms with van der Waals surface area (Å²) >= 11 is 0. The third-order valence-electron chi connectivity index (χ3n) is 6.20. The summed E-state index contributed by atoms with van der Waals surface area (Å²) in [5.41, 5.74) is -0.263. The minimum atomic E-state index is -5.14. The lowest BCUT2D eigenvalue weighted by Gasteiger charge is -2.35. The normalized spacial score (nSPS) is 14.4. The maximum atomic E-state index is 15.0. The molecule has 40 heavy (non-hydrogen) atoms. The number of benzene rings is 2. The Kier molecular flexibility index (Phi) is 9.54. The number of anilines is 1. The molecule has 0 saturated carbocycles. The van der Waals surface area contributed by atoms with Crippen LogP contribution in [0.2, 0.25) is 0 Å². The second-order valence-electron chi connectivity index (χ2n) is 10.4. The van der Waals surface area contributed by atoms with Gasteiger partial charge in [0.15, 0.2) is 5.78 Å². The van der Waals surface area contributed by atoms with Gasteiger partial charge in [-0.3, -0.25) is 14.4 Å². The fraction of sp³-hybridized carbons (Fsp3) is 0.429. The number of likely N-dealkylation sites (tertiary alicyclic amines) is 1. The van der Waals surface area contributed by atoms with Gasteiger partial charge in [0.2, 0.25) is 5.91 Å². The van der Waals surface area contributed by atoms with E-state index in [1.807, 2.05) is 0 Å². The van der Waals surface area contributed by atoms with Crippen molar-refractivity contribution in [1.29, 1.82) is 0 Å². The number of nitrogens with one attached hydrogen (secondary N) is 1. The number of ketones is 1. The lowest BCUT2D eigenvalue weighted by atomic mass is 9.94. The van der Waals surface area contributed by atoms with Crippen LogP contribution in [0.25, 0.3) is 0 Å². The lowest BCUT2D eigenvalue weighted by Crippen LogP contribution is -2.45. The third-order valence-corrected chi connectivity index (χ3v) is 6.20. The van der Waals surface area contributed by atoms with E-state index >= 15 is 4.39 Å². The van der Waals surface area contributed by atoms with Gasteiger partial charge in [-0.25, -0.2) is 9.18 Å². The molecule has 1 heterocycles. The molecule has 2 aromatic rings. The predicted octanol–water partition coefficient (Wildman–Crippen LogP) is 4.87. The predicted molar refractivity (Wildman–Crippen MR) is 138 cm³/mol. The van der Waals surface area contributed by atoms with Gasteiger partial charge in [0.05, 0.1) is 13.1 Å². The van der Waals surface area contributed by atoms with Crippen LogP contribution in [-0.2, 0) is 20.9 Å². The molecule has 1 saturated heterocycles. The molecule has 12 heteroatoms. The zero-order valence-electron chi connectivity index (χ0n) is 22.4. The van der Waals surface area contributed by atoms with E-state index in [4.69, 9.17) is 4.74 Å². The highest BCUT2D eigenvalue weighted by Crippen LogP contribution is 2.27. The molecule has 0 bridgehead atoms. The van der Waals surface area contributed by atoms with Gasteiger partial charge in [-0.1, -0.05) is 30.3 Å². The number of carbonyl (C=O) groups is 4. The number of amides is 3. The number of hydrogen-bond acceptors (Lipinski definition) is 5. The molecule has 8 nitrogen and oxygen atoms in total. The first kappa shape index (κ1) is 30.6. The molecule has 2 aromatic carbocycles. The standard InChI is InChI=1S/C28H31F4N3O5/c1-27(2,3)40-26(39)34-13-11-18(12-14-34)24(37)35(21-7-5-4-6-8-21)17-20-10-9-19(15-22(20)29)23(36)16-33-25(38)28(30,31)32/h4-10,15,18H,11-14,16-17H2,1-3H3,(H,33,38). The SMILES string of the molecule is CC(C)(C)OC(=O)N1CCC(C(=O)N(Cc2ccc(C(=O)CNC(=O)C(F)(F)F)cc2F)c2ccccc2)CC1. The van der Waals surface area contributed by atoms with Crippen molar-refractivity contribution >= 4 is 29.4 Å². The van der Waals surface area contributed by atoms with Crippen LogP contribution in [0, 0.1) is 11.7 Å². The number of carbonyl (C=O) groups excluding carboxylic acids is 4. The summed E-state index contributed by atoms with van der Waals surface area (Å²) in [4.78, 5) is 52.1. The quantitative estimate of drug-likeness (QED) is 0.382. The molecule has 1 aliphatic heterocycles. The van der Waals surface area contributed by atoms with E-state index in [0.717, 1.165) is 6.07 Å². The first-order valence-electron chi connectivity index (χ1n) is 12.7. The Balaban J connectivity index is 1.72. The highest BCUT2D eigenvalue weighted by atomic mass is 19.4. The molecule has 1 N–H and O–H groups in total. The molecule has 1 fully saturated rings. The zero-order valence-corrected chi connectivity index (χ0v) is 22.4. The summed E-state index contributed by atoms with van der Waals surface area (Å²) < 4.78 is 57.5. The summed E-state index contributed by atoms with van der Waals surface area (Å²) in [6.07, 6.45) is -4.81. The maximum Gasteiger partial charge on any atom is 0.471 e. The third kappa shape index (κ3) is 8.27. The first-order chi connectivity index (χ1) is 18.7. The van der Waals surface area contributed by atoms with Gasteiger partial charge < -0.3 is 19.9 Å². The summed E-state index contributed by atoms with van der Waals surface area (Å²) in [6, 6.07) is 12.0. The molecule has 0 aliphatic carbocycles. The number of rotatable bonds is 7. The number of hydrogen-bond donors (Lipinski definition) is 1. The average Bonchev–Trinajstić information content (AvgIpc) is 2.89. The molecule has 0 aromatic heterocycles. The van der Waals surface area contributed by atoms with E-state index in [-0.39, 0.29) is 23.6 Å². The number of nitrogens with zero attached hydrogens (tertiary/aromatic N) is 2. The van der Waals surface area contributed by atoms with Crippen molar-refractivity contribution in [3.63, 3.8) is 0 Å². The van der Waals surface area contributed by atoms with Crippen LogP contribution in [0.1, 0.15) is 49.5 Å². The Hall–Kier alpha value is -3.96. The van der Waals surface area contributed by atoms with Gasteiger partial charge in [0.1, 0.15) is 11.4 Å². The van der Waals surface area contributed by atoms with Crippen LogP contribution in [0.5, 0.6) is 0 Å². The van der Waals surface area contributed by atoms with Crippen molar-refractivity contribution in [2.75, 3.05) is 24.5 Å². The monoisotopic (exact) mass is 565 g/mol. The minimum Gasteiger partial charge on any atom is -0.444 e. The number of Topliss-reactive ketones (excluding diaryl/α,β-unsaturated/α-hetero) is 1. The summed E-state index contributed by atoms with van der Waals surface area (Å²) in [5.74, 6) is -4.70. The minimum absolute atomic E-state index is 0.0827. The summed E-state index contributed by atoms with van der Waals surface area (Å²) in [5, 5.41) is 1.46. The van der Waals surface area contributed by atoms with E-state index in [1.165, 1.54) is 22.3 Å². The molecule has 3 rings (SSSR count).